The number of fused-ring (bicyclic) bond motifs is 2. The molecule has 0 saturated carbocycles. The molecule has 1 aliphatic rings. The molecule has 0 bridgehead atoms. The number of hydrogen-bond donors (Lipinski definition) is 2. The van der Waals surface area contributed by atoms with Crippen LogP contribution in [-0.4, -0.2) is 26.3 Å². The van der Waals surface area contributed by atoms with E-state index in [-0.39, 0.29) is 29.9 Å². The van der Waals surface area contributed by atoms with Crippen molar-refractivity contribution in [3.8, 4) is 0 Å². The van der Waals surface area contributed by atoms with E-state index in [4.69, 9.17) is 4.42 Å². The minimum absolute atomic E-state index is 0.0795. The van der Waals surface area contributed by atoms with Gasteiger partial charge in [-0.25, -0.2) is 14.8 Å². The number of aryl methyl sites for hydroxylation is 3. The van der Waals surface area contributed by atoms with Gasteiger partial charge in [-0.2, -0.15) is 0 Å². The van der Waals surface area contributed by atoms with Crippen molar-refractivity contribution >= 4 is 22.9 Å². The van der Waals surface area contributed by atoms with Gasteiger partial charge < -0.3 is 15.1 Å². The van der Waals surface area contributed by atoms with Crippen molar-refractivity contribution in [1.82, 2.24) is 25.2 Å². The standard InChI is InChI=1S/C25H23N5O4/c1-14-3-6-17-16(9-14)5-7-18(17)29-24(32)20-11-19(27-13-28-20)23(31)26-12-15-4-8-22-21(10-15)30(2)25(33)34-22/h3-4,6,8-11,13,18H,5,7,12H2,1-2H3,(H,26,31)(H,29,32)/t18-/m0/s1. The van der Waals surface area contributed by atoms with Gasteiger partial charge in [0.05, 0.1) is 11.6 Å². The van der Waals surface area contributed by atoms with Gasteiger partial charge in [-0.05, 0) is 48.6 Å². The molecule has 0 fully saturated rings. The number of oxazole rings is 1. The van der Waals surface area contributed by atoms with E-state index in [9.17, 15) is 14.4 Å². The average molecular weight is 457 g/mol. The van der Waals surface area contributed by atoms with Crippen LogP contribution in [0.25, 0.3) is 11.1 Å². The number of aromatic nitrogens is 3. The summed E-state index contributed by atoms with van der Waals surface area (Å²) < 4.78 is 6.52. The van der Waals surface area contributed by atoms with Crippen LogP contribution in [0.1, 0.15) is 55.7 Å². The Morgan fingerprint density at radius 2 is 1.88 bits per heavy atom. The molecular weight excluding hydrogens is 434 g/mol. The van der Waals surface area contributed by atoms with E-state index < -0.39 is 11.7 Å². The van der Waals surface area contributed by atoms with Gasteiger partial charge in [-0.15, -0.1) is 0 Å². The molecule has 0 unspecified atom stereocenters. The largest absolute Gasteiger partial charge is 0.419 e. The molecule has 9 heteroatoms. The molecule has 0 saturated heterocycles. The average Bonchev–Trinajstić information content (AvgIpc) is 3.36. The number of nitrogens with zero attached hydrogens (tertiary/aromatic N) is 3. The van der Waals surface area contributed by atoms with Gasteiger partial charge in [0.2, 0.25) is 0 Å². The predicted molar refractivity (Wildman–Crippen MR) is 124 cm³/mol. The lowest BCUT2D eigenvalue weighted by molar-refractivity contribution is 0.0931. The zero-order valence-corrected chi connectivity index (χ0v) is 18.8. The van der Waals surface area contributed by atoms with Crippen molar-refractivity contribution in [2.45, 2.75) is 32.4 Å². The third kappa shape index (κ3) is 4.07. The second-order valence-electron chi connectivity index (χ2n) is 8.47. The minimum Gasteiger partial charge on any atom is -0.408 e. The minimum atomic E-state index is -0.445. The van der Waals surface area contributed by atoms with E-state index in [1.54, 1.807) is 25.2 Å². The fourth-order valence-corrected chi connectivity index (χ4v) is 4.29. The molecule has 2 N–H and O–H groups in total. The Morgan fingerprint density at radius 3 is 2.71 bits per heavy atom. The van der Waals surface area contributed by atoms with E-state index >= 15 is 0 Å². The predicted octanol–water partition coefficient (Wildman–Crippen LogP) is 2.58. The number of rotatable bonds is 5. The van der Waals surface area contributed by atoms with Crippen molar-refractivity contribution in [1.29, 1.82) is 0 Å². The molecule has 2 amide bonds. The molecule has 1 aliphatic carbocycles. The van der Waals surface area contributed by atoms with E-state index in [1.165, 1.54) is 28.1 Å². The quantitative estimate of drug-likeness (QED) is 0.475. The highest BCUT2D eigenvalue weighted by Crippen LogP contribution is 2.31. The van der Waals surface area contributed by atoms with Gasteiger partial charge in [0.25, 0.3) is 11.8 Å². The van der Waals surface area contributed by atoms with Crippen molar-refractivity contribution in [3.63, 3.8) is 0 Å². The molecule has 2 aromatic heterocycles. The number of nitrogens with one attached hydrogen (secondary N) is 2. The van der Waals surface area contributed by atoms with Gasteiger partial charge in [-0.3, -0.25) is 14.2 Å². The SMILES string of the molecule is Cc1ccc2c(c1)CC[C@@H]2NC(=O)c1cc(C(=O)NCc2ccc3oc(=O)n(C)c3c2)ncn1. The fourth-order valence-electron chi connectivity index (χ4n) is 4.29. The van der Waals surface area contributed by atoms with Crippen molar-refractivity contribution in [3.05, 3.63) is 93.0 Å². The molecule has 2 aromatic carbocycles. The molecular formula is C25H23N5O4. The van der Waals surface area contributed by atoms with Crippen molar-refractivity contribution in [2.75, 3.05) is 0 Å². The molecule has 4 aromatic rings. The number of hydrogen-bond acceptors (Lipinski definition) is 6. The van der Waals surface area contributed by atoms with Crippen LogP contribution < -0.4 is 16.4 Å². The van der Waals surface area contributed by atoms with Crippen LogP contribution >= 0.6 is 0 Å². The molecule has 9 nitrogen and oxygen atoms in total. The van der Waals surface area contributed by atoms with Crippen LogP contribution in [0.5, 0.6) is 0 Å². The van der Waals surface area contributed by atoms with Crippen molar-refractivity contribution in [2.24, 2.45) is 7.05 Å². The second kappa shape index (κ2) is 8.58. The Labute approximate surface area is 194 Å². The summed E-state index contributed by atoms with van der Waals surface area (Å²) >= 11 is 0. The van der Waals surface area contributed by atoms with Gasteiger partial charge >= 0.3 is 5.76 Å². The van der Waals surface area contributed by atoms with Crippen LogP contribution in [0.2, 0.25) is 0 Å². The first kappa shape index (κ1) is 21.6. The summed E-state index contributed by atoms with van der Waals surface area (Å²) in [6, 6.07) is 12.8. The zero-order chi connectivity index (χ0) is 23.8. The molecule has 5 rings (SSSR count). The lowest BCUT2D eigenvalue weighted by Gasteiger charge is -2.14. The highest BCUT2D eigenvalue weighted by Gasteiger charge is 2.25. The van der Waals surface area contributed by atoms with E-state index in [0.717, 1.165) is 24.0 Å². The summed E-state index contributed by atoms with van der Waals surface area (Å²) in [5, 5.41) is 5.81. The van der Waals surface area contributed by atoms with Gasteiger partial charge in [0.1, 0.15) is 17.7 Å². The molecule has 0 radical (unpaired) electrons. The fraction of sp³-hybridized carbons (Fsp3) is 0.240. The molecule has 34 heavy (non-hydrogen) atoms. The molecule has 0 spiro atoms. The summed E-state index contributed by atoms with van der Waals surface area (Å²) in [6.07, 6.45) is 2.96. The van der Waals surface area contributed by atoms with Crippen LogP contribution in [-0.2, 0) is 20.0 Å². The third-order valence-electron chi connectivity index (χ3n) is 6.12. The molecule has 0 aliphatic heterocycles. The first-order valence-corrected chi connectivity index (χ1v) is 11.0. The molecule has 2 heterocycles. The highest BCUT2D eigenvalue weighted by atomic mass is 16.4. The van der Waals surface area contributed by atoms with E-state index in [1.807, 2.05) is 6.07 Å². The monoisotopic (exact) mass is 457 g/mol. The summed E-state index contributed by atoms with van der Waals surface area (Å²) in [4.78, 5) is 45.2. The normalized spacial score (nSPS) is 14.7. The maximum absolute atomic E-state index is 12.8. The topological polar surface area (TPSA) is 119 Å². The Hall–Kier alpha value is -4.27. The van der Waals surface area contributed by atoms with E-state index in [0.29, 0.717) is 11.1 Å². The lowest BCUT2D eigenvalue weighted by atomic mass is 10.1. The highest BCUT2D eigenvalue weighted by molar-refractivity contribution is 5.97. The summed E-state index contributed by atoms with van der Waals surface area (Å²) in [5.41, 5.74) is 5.72. The van der Waals surface area contributed by atoms with Crippen LogP contribution in [0, 0.1) is 6.92 Å². The Morgan fingerprint density at radius 1 is 1.09 bits per heavy atom. The van der Waals surface area contributed by atoms with Gasteiger partial charge in [0, 0.05) is 19.7 Å². The zero-order valence-electron chi connectivity index (χ0n) is 18.8. The first-order chi connectivity index (χ1) is 16.4. The number of amides is 2. The summed E-state index contributed by atoms with van der Waals surface area (Å²) in [7, 11) is 1.62. The Kier molecular flexibility index (Phi) is 5.45. The number of carbonyl (C=O) groups is 2. The maximum Gasteiger partial charge on any atom is 0.419 e. The smallest absolute Gasteiger partial charge is 0.408 e. The molecule has 172 valence electrons. The lowest BCUT2D eigenvalue weighted by Crippen LogP contribution is -2.29. The second-order valence-corrected chi connectivity index (χ2v) is 8.47. The number of carbonyl (C=O) groups excluding carboxylic acids is 2. The maximum atomic E-state index is 12.8. The van der Waals surface area contributed by atoms with Gasteiger partial charge in [0.15, 0.2) is 5.58 Å². The first-order valence-electron chi connectivity index (χ1n) is 11.0. The van der Waals surface area contributed by atoms with Crippen LogP contribution in [0.15, 0.2) is 58.0 Å². The van der Waals surface area contributed by atoms with Gasteiger partial charge in [-0.1, -0.05) is 29.8 Å². The summed E-state index contributed by atoms with van der Waals surface area (Å²) in [5.74, 6) is -1.22. The van der Waals surface area contributed by atoms with Crippen molar-refractivity contribution < 1.29 is 14.0 Å². The Bertz CT molecular complexity index is 1490. The van der Waals surface area contributed by atoms with Crippen LogP contribution in [0.3, 0.4) is 0 Å². The number of benzene rings is 2. The third-order valence-corrected chi connectivity index (χ3v) is 6.12. The Balaban J connectivity index is 1.26. The molecule has 1 atom stereocenters. The van der Waals surface area contributed by atoms with Crippen LogP contribution in [0.4, 0.5) is 0 Å². The van der Waals surface area contributed by atoms with E-state index in [2.05, 4.69) is 39.7 Å². The summed E-state index contributed by atoms with van der Waals surface area (Å²) in [6.45, 7) is 2.27.